The van der Waals surface area contributed by atoms with Crippen LogP contribution in [-0.4, -0.2) is 33.6 Å². The number of nitrogens with one attached hydrogen (secondary N) is 1. The van der Waals surface area contributed by atoms with Crippen LogP contribution in [-0.2, 0) is 11.3 Å². The van der Waals surface area contributed by atoms with E-state index in [1.807, 2.05) is 35.2 Å². The summed E-state index contributed by atoms with van der Waals surface area (Å²) in [6.07, 6.45) is 3.37. The Morgan fingerprint density at radius 1 is 1.14 bits per heavy atom. The lowest BCUT2D eigenvalue weighted by molar-refractivity contribution is 0.204. The first kappa shape index (κ1) is 17.0. The quantitative estimate of drug-likeness (QED) is 0.575. The number of anilines is 2. The molecule has 0 saturated carbocycles. The van der Waals surface area contributed by atoms with Gasteiger partial charge in [-0.25, -0.2) is 14.6 Å². The molecule has 0 spiro atoms. The number of ether oxygens (including phenoxy) is 1. The van der Waals surface area contributed by atoms with Crippen LogP contribution in [0.5, 0.6) is 0 Å². The molecule has 140 valence electrons. The fourth-order valence-electron chi connectivity index (χ4n) is 3.41. The number of rotatable bonds is 4. The lowest BCUT2D eigenvalue weighted by Gasteiger charge is -2.30. The SMILES string of the molecule is COCN1c2cc(Cn3[nH]c4ccccc4c3=O)ccc2Sc2nccnc21. The molecule has 0 atom stereocenters. The first-order valence-electron chi connectivity index (χ1n) is 8.80. The fraction of sp³-hybridized carbons (Fsp3) is 0.150. The van der Waals surface area contributed by atoms with Crippen LogP contribution in [0.4, 0.5) is 11.5 Å². The number of H-pyrrole nitrogens is 1. The van der Waals surface area contributed by atoms with E-state index in [2.05, 4.69) is 27.2 Å². The van der Waals surface area contributed by atoms with Gasteiger partial charge in [-0.3, -0.25) is 14.8 Å². The van der Waals surface area contributed by atoms with Crippen molar-refractivity contribution in [2.75, 3.05) is 18.7 Å². The van der Waals surface area contributed by atoms with E-state index in [0.29, 0.717) is 18.7 Å². The number of hydrogen-bond acceptors (Lipinski definition) is 6. The minimum atomic E-state index is -0.0207. The van der Waals surface area contributed by atoms with Gasteiger partial charge >= 0.3 is 0 Å². The maximum absolute atomic E-state index is 12.6. The Hall–Kier alpha value is -3.10. The third kappa shape index (κ3) is 2.78. The Bertz CT molecular complexity index is 1230. The molecule has 0 saturated heterocycles. The minimum absolute atomic E-state index is 0.0207. The second-order valence-electron chi connectivity index (χ2n) is 6.48. The predicted octanol–water partition coefficient (Wildman–Crippen LogP) is 3.37. The summed E-state index contributed by atoms with van der Waals surface area (Å²) < 4.78 is 7.04. The van der Waals surface area contributed by atoms with Gasteiger partial charge in [-0.15, -0.1) is 0 Å². The second kappa shape index (κ2) is 6.81. The van der Waals surface area contributed by atoms with Gasteiger partial charge in [0.05, 0.1) is 23.1 Å². The summed E-state index contributed by atoms with van der Waals surface area (Å²) in [7, 11) is 1.66. The molecule has 0 fully saturated rings. The van der Waals surface area contributed by atoms with Crippen molar-refractivity contribution >= 4 is 34.2 Å². The molecule has 0 unspecified atom stereocenters. The first-order chi connectivity index (χ1) is 13.7. The number of para-hydroxylation sites is 1. The van der Waals surface area contributed by atoms with Gasteiger partial charge in [-0.2, -0.15) is 0 Å². The van der Waals surface area contributed by atoms with Gasteiger partial charge in [0.2, 0.25) is 0 Å². The summed E-state index contributed by atoms with van der Waals surface area (Å²) in [5, 5.41) is 4.73. The summed E-state index contributed by atoms with van der Waals surface area (Å²) in [5.41, 5.74) is 2.84. The molecule has 28 heavy (non-hydrogen) atoms. The molecule has 3 heterocycles. The highest BCUT2D eigenvalue weighted by Gasteiger charge is 2.25. The van der Waals surface area contributed by atoms with Crippen molar-refractivity contribution < 1.29 is 4.74 Å². The summed E-state index contributed by atoms with van der Waals surface area (Å²) in [4.78, 5) is 24.6. The van der Waals surface area contributed by atoms with Gasteiger partial charge in [0.1, 0.15) is 11.8 Å². The van der Waals surface area contributed by atoms with Crippen LogP contribution in [0, 0.1) is 0 Å². The number of hydrogen-bond donors (Lipinski definition) is 1. The van der Waals surface area contributed by atoms with Crippen molar-refractivity contribution in [3.63, 3.8) is 0 Å². The van der Waals surface area contributed by atoms with E-state index >= 15 is 0 Å². The van der Waals surface area contributed by atoms with Crippen molar-refractivity contribution in [2.24, 2.45) is 0 Å². The summed E-state index contributed by atoms with van der Waals surface area (Å²) >= 11 is 1.59. The Kier molecular flexibility index (Phi) is 4.14. The molecule has 7 nitrogen and oxygen atoms in total. The number of methoxy groups -OCH3 is 1. The summed E-state index contributed by atoms with van der Waals surface area (Å²) in [6, 6.07) is 13.7. The first-order valence-corrected chi connectivity index (χ1v) is 9.62. The molecule has 2 aromatic heterocycles. The lowest BCUT2D eigenvalue weighted by Crippen LogP contribution is -2.25. The third-order valence-corrected chi connectivity index (χ3v) is 5.73. The van der Waals surface area contributed by atoms with Crippen LogP contribution in [0.1, 0.15) is 5.56 Å². The average molecular weight is 391 g/mol. The zero-order valence-corrected chi connectivity index (χ0v) is 15.9. The maximum atomic E-state index is 12.6. The zero-order valence-electron chi connectivity index (χ0n) is 15.1. The van der Waals surface area contributed by atoms with Crippen molar-refractivity contribution in [3.8, 4) is 0 Å². The van der Waals surface area contributed by atoms with E-state index in [-0.39, 0.29) is 5.56 Å². The summed E-state index contributed by atoms with van der Waals surface area (Å²) in [5.74, 6) is 0.779. The van der Waals surface area contributed by atoms with Crippen LogP contribution >= 0.6 is 11.8 Å². The van der Waals surface area contributed by atoms with Crippen LogP contribution in [0.3, 0.4) is 0 Å². The molecule has 0 aliphatic carbocycles. The molecule has 0 radical (unpaired) electrons. The van der Waals surface area contributed by atoms with Gasteiger partial charge in [0, 0.05) is 24.4 Å². The summed E-state index contributed by atoms with van der Waals surface area (Å²) in [6.45, 7) is 0.828. The Balaban J connectivity index is 1.54. The smallest absolute Gasteiger partial charge is 0.274 e. The minimum Gasteiger partial charge on any atom is -0.364 e. The molecule has 0 amide bonds. The Labute approximate surface area is 165 Å². The van der Waals surface area contributed by atoms with E-state index in [1.54, 1.807) is 35.9 Å². The van der Waals surface area contributed by atoms with Crippen LogP contribution < -0.4 is 10.5 Å². The molecule has 8 heteroatoms. The van der Waals surface area contributed by atoms with Gasteiger partial charge in [-0.1, -0.05) is 30.0 Å². The third-order valence-electron chi connectivity index (χ3n) is 4.68. The van der Waals surface area contributed by atoms with Crippen LogP contribution in [0.15, 0.2) is 69.6 Å². The number of benzene rings is 2. The van der Waals surface area contributed by atoms with Gasteiger partial charge in [0.25, 0.3) is 5.56 Å². The maximum Gasteiger partial charge on any atom is 0.274 e. The van der Waals surface area contributed by atoms with Crippen molar-refractivity contribution in [3.05, 3.63) is 70.8 Å². The highest BCUT2D eigenvalue weighted by molar-refractivity contribution is 7.99. The molecule has 2 aromatic carbocycles. The molecular weight excluding hydrogens is 374 g/mol. The molecular formula is C20H17N5O2S. The highest BCUT2D eigenvalue weighted by Crippen LogP contribution is 2.46. The van der Waals surface area contributed by atoms with E-state index in [9.17, 15) is 4.79 Å². The van der Waals surface area contributed by atoms with Crippen molar-refractivity contribution in [1.82, 2.24) is 19.7 Å². The topological polar surface area (TPSA) is 76.0 Å². The zero-order chi connectivity index (χ0) is 19.1. The van der Waals surface area contributed by atoms with Crippen LogP contribution in [0.2, 0.25) is 0 Å². The standard InChI is InChI=1S/C20H17N5O2S/c1-27-12-24-16-10-13(6-7-17(16)28-19-18(24)21-8-9-22-19)11-25-20(26)14-4-2-3-5-15(14)23-25/h2-10,23H,11-12H2,1H3. The fourth-order valence-corrected chi connectivity index (χ4v) is 4.40. The van der Waals surface area contributed by atoms with E-state index in [4.69, 9.17) is 4.74 Å². The van der Waals surface area contributed by atoms with E-state index in [1.165, 1.54) is 0 Å². The van der Waals surface area contributed by atoms with Gasteiger partial charge in [-0.05, 0) is 29.8 Å². The Morgan fingerprint density at radius 3 is 2.86 bits per heavy atom. The second-order valence-corrected chi connectivity index (χ2v) is 7.51. The molecule has 1 aliphatic heterocycles. The lowest BCUT2D eigenvalue weighted by atomic mass is 10.2. The van der Waals surface area contributed by atoms with Gasteiger partial charge in [0.15, 0.2) is 5.82 Å². The number of fused-ring (bicyclic) bond motifs is 3. The molecule has 4 aromatic rings. The molecule has 1 N–H and O–H groups in total. The van der Waals surface area contributed by atoms with E-state index in [0.717, 1.165) is 32.5 Å². The number of aromatic amines is 1. The van der Waals surface area contributed by atoms with Gasteiger partial charge < -0.3 is 4.74 Å². The molecule has 1 aliphatic rings. The molecule has 0 bridgehead atoms. The van der Waals surface area contributed by atoms with Crippen molar-refractivity contribution in [1.29, 1.82) is 0 Å². The number of nitrogens with zero attached hydrogens (tertiary/aromatic N) is 4. The van der Waals surface area contributed by atoms with E-state index < -0.39 is 0 Å². The molecule has 5 rings (SSSR count). The Morgan fingerprint density at radius 2 is 2.00 bits per heavy atom. The normalized spacial score (nSPS) is 12.8. The average Bonchev–Trinajstić information content (AvgIpc) is 3.04. The predicted molar refractivity (Wildman–Crippen MR) is 108 cm³/mol. The van der Waals surface area contributed by atoms with Crippen molar-refractivity contribution in [2.45, 2.75) is 16.5 Å². The number of aromatic nitrogens is 4. The largest absolute Gasteiger partial charge is 0.364 e. The monoisotopic (exact) mass is 391 g/mol. The highest BCUT2D eigenvalue weighted by atomic mass is 32.2. The van der Waals surface area contributed by atoms with Crippen LogP contribution in [0.25, 0.3) is 10.9 Å².